The van der Waals surface area contributed by atoms with Crippen molar-refractivity contribution in [3.8, 4) is 0 Å². The Labute approximate surface area is 109 Å². The molecule has 1 rings (SSSR count). The maximum Gasteiger partial charge on any atom is 0.306 e. The molecule has 1 aliphatic rings. The van der Waals surface area contributed by atoms with Gasteiger partial charge in [0.05, 0.1) is 18.8 Å². The maximum absolute atomic E-state index is 12.1. The first-order valence-corrected chi connectivity index (χ1v) is 7.97. The molecule has 0 saturated carbocycles. The van der Waals surface area contributed by atoms with Crippen LogP contribution in [0.15, 0.2) is 0 Å². The van der Waals surface area contributed by atoms with Crippen LogP contribution in [-0.2, 0) is 19.6 Å². The van der Waals surface area contributed by atoms with Gasteiger partial charge in [-0.25, -0.2) is 8.42 Å². The Morgan fingerprint density at radius 3 is 2.78 bits per heavy atom. The van der Waals surface area contributed by atoms with Gasteiger partial charge in [0.1, 0.15) is 0 Å². The van der Waals surface area contributed by atoms with Gasteiger partial charge in [-0.2, -0.15) is 4.31 Å². The number of carbonyl (C=O) groups excluding carboxylic acids is 1. The highest BCUT2D eigenvalue weighted by Crippen LogP contribution is 2.20. The molecule has 1 fully saturated rings. The molecular weight excluding hydrogens is 256 g/mol. The van der Waals surface area contributed by atoms with Gasteiger partial charge in [0.25, 0.3) is 0 Å². The third-order valence-corrected chi connectivity index (χ3v) is 4.99. The lowest BCUT2D eigenvalue weighted by Crippen LogP contribution is -2.48. The van der Waals surface area contributed by atoms with Crippen LogP contribution < -0.4 is 5.73 Å². The van der Waals surface area contributed by atoms with Crippen molar-refractivity contribution < 1.29 is 17.9 Å². The fraction of sp³-hybridized carbons (Fsp3) is 0.909. The summed E-state index contributed by atoms with van der Waals surface area (Å²) in [6, 6.07) is -0.119. The minimum absolute atomic E-state index is 0.0933. The van der Waals surface area contributed by atoms with Crippen molar-refractivity contribution in [2.75, 3.05) is 25.4 Å². The van der Waals surface area contributed by atoms with Gasteiger partial charge in [0.2, 0.25) is 10.0 Å². The van der Waals surface area contributed by atoms with E-state index in [4.69, 9.17) is 10.5 Å². The van der Waals surface area contributed by atoms with Crippen molar-refractivity contribution in [2.45, 2.75) is 38.6 Å². The van der Waals surface area contributed by atoms with Crippen molar-refractivity contribution in [1.82, 2.24) is 4.31 Å². The topological polar surface area (TPSA) is 89.7 Å². The molecule has 7 heteroatoms. The summed E-state index contributed by atoms with van der Waals surface area (Å²) in [4.78, 5) is 11.2. The predicted molar refractivity (Wildman–Crippen MR) is 68.4 cm³/mol. The van der Waals surface area contributed by atoms with Crippen LogP contribution in [0.25, 0.3) is 0 Å². The van der Waals surface area contributed by atoms with E-state index < -0.39 is 16.0 Å². The highest BCUT2D eigenvalue weighted by atomic mass is 32.2. The molecule has 106 valence electrons. The van der Waals surface area contributed by atoms with E-state index in [2.05, 4.69) is 0 Å². The van der Waals surface area contributed by atoms with Crippen LogP contribution in [0.1, 0.15) is 32.6 Å². The zero-order chi connectivity index (χ0) is 13.6. The first-order valence-electron chi connectivity index (χ1n) is 6.36. The molecule has 0 bridgehead atoms. The van der Waals surface area contributed by atoms with Crippen LogP contribution in [0.2, 0.25) is 0 Å². The highest BCUT2D eigenvalue weighted by molar-refractivity contribution is 7.89. The molecule has 0 amide bonds. The molecule has 1 atom stereocenters. The average molecular weight is 278 g/mol. The maximum atomic E-state index is 12.1. The molecule has 6 nitrogen and oxygen atoms in total. The summed E-state index contributed by atoms with van der Waals surface area (Å²) in [5, 5.41) is 0. The van der Waals surface area contributed by atoms with Crippen LogP contribution in [-0.4, -0.2) is 50.2 Å². The average Bonchev–Trinajstić information content (AvgIpc) is 2.37. The molecular formula is C11H22N2O4S. The van der Waals surface area contributed by atoms with E-state index in [0.29, 0.717) is 13.1 Å². The molecule has 1 saturated heterocycles. The first kappa shape index (κ1) is 15.4. The quantitative estimate of drug-likeness (QED) is 0.695. The van der Waals surface area contributed by atoms with E-state index >= 15 is 0 Å². The summed E-state index contributed by atoms with van der Waals surface area (Å²) in [7, 11) is -3.41. The Kier molecular flexibility index (Phi) is 6.04. The number of nitrogens with two attached hydrogens (primary N) is 1. The number of esters is 1. The van der Waals surface area contributed by atoms with Crippen LogP contribution in [0.5, 0.6) is 0 Å². The summed E-state index contributed by atoms with van der Waals surface area (Å²) in [5.74, 6) is -0.662. The summed E-state index contributed by atoms with van der Waals surface area (Å²) >= 11 is 0. The van der Waals surface area contributed by atoms with Crippen LogP contribution in [0.4, 0.5) is 0 Å². The zero-order valence-electron chi connectivity index (χ0n) is 10.8. The number of carbonyl (C=O) groups is 1. The minimum Gasteiger partial charge on any atom is -0.466 e. The van der Waals surface area contributed by atoms with E-state index in [1.807, 2.05) is 0 Å². The number of hydrogen-bond acceptors (Lipinski definition) is 5. The van der Waals surface area contributed by atoms with Crippen molar-refractivity contribution in [3.63, 3.8) is 0 Å². The lowest BCUT2D eigenvalue weighted by Gasteiger charge is -2.33. The zero-order valence-corrected chi connectivity index (χ0v) is 11.6. The Hall–Kier alpha value is -0.660. The third kappa shape index (κ3) is 4.22. The molecule has 18 heavy (non-hydrogen) atoms. The third-order valence-electron chi connectivity index (χ3n) is 3.07. The van der Waals surface area contributed by atoms with Crippen molar-refractivity contribution in [3.05, 3.63) is 0 Å². The number of nitrogens with zero attached hydrogens (tertiary/aromatic N) is 1. The number of hydrogen-bond donors (Lipinski definition) is 1. The lowest BCUT2D eigenvalue weighted by atomic mass is 10.1. The second-order valence-corrected chi connectivity index (χ2v) is 6.41. The predicted octanol–water partition coefficient (Wildman–Crippen LogP) is 0.0826. The van der Waals surface area contributed by atoms with E-state index in [9.17, 15) is 13.2 Å². The summed E-state index contributed by atoms with van der Waals surface area (Å²) < 4.78 is 30.4. The molecule has 1 heterocycles. The van der Waals surface area contributed by atoms with Gasteiger partial charge in [-0.3, -0.25) is 4.79 Å². The van der Waals surface area contributed by atoms with Gasteiger partial charge < -0.3 is 10.5 Å². The van der Waals surface area contributed by atoms with Crippen molar-refractivity contribution in [1.29, 1.82) is 0 Å². The minimum atomic E-state index is -3.41. The molecule has 2 N–H and O–H groups in total. The van der Waals surface area contributed by atoms with Crippen LogP contribution >= 0.6 is 0 Å². The van der Waals surface area contributed by atoms with Gasteiger partial charge >= 0.3 is 5.97 Å². The highest BCUT2D eigenvalue weighted by Gasteiger charge is 2.31. The largest absolute Gasteiger partial charge is 0.466 e. The Balaban J connectivity index is 2.58. The smallest absolute Gasteiger partial charge is 0.306 e. The van der Waals surface area contributed by atoms with Gasteiger partial charge in [0.15, 0.2) is 0 Å². The van der Waals surface area contributed by atoms with E-state index in [1.54, 1.807) is 6.92 Å². The molecule has 1 aliphatic heterocycles. The van der Waals surface area contributed by atoms with Crippen LogP contribution in [0.3, 0.4) is 0 Å². The molecule has 0 spiro atoms. The van der Waals surface area contributed by atoms with Gasteiger partial charge in [-0.05, 0) is 19.8 Å². The van der Waals surface area contributed by atoms with E-state index in [1.165, 1.54) is 4.31 Å². The first-order chi connectivity index (χ1) is 8.51. The molecule has 0 aromatic rings. The van der Waals surface area contributed by atoms with E-state index in [0.717, 1.165) is 19.3 Å². The van der Waals surface area contributed by atoms with Crippen LogP contribution in [0, 0.1) is 0 Å². The van der Waals surface area contributed by atoms with Gasteiger partial charge in [-0.1, -0.05) is 6.42 Å². The second-order valence-electron chi connectivity index (χ2n) is 4.37. The molecule has 0 aromatic carbocycles. The summed E-state index contributed by atoms with van der Waals surface area (Å²) in [5.41, 5.74) is 5.60. The summed E-state index contributed by atoms with van der Waals surface area (Å²) in [6.07, 6.45) is 2.57. The lowest BCUT2D eigenvalue weighted by molar-refractivity contribution is -0.142. The Morgan fingerprint density at radius 1 is 1.44 bits per heavy atom. The van der Waals surface area contributed by atoms with Crippen molar-refractivity contribution >= 4 is 16.0 Å². The summed E-state index contributed by atoms with van der Waals surface area (Å²) in [6.45, 7) is 2.81. The van der Waals surface area contributed by atoms with Gasteiger partial charge in [0, 0.05) is 19.1 Å². The standard InChI is InChI=1S/C11H22N2O4S/c1-2-17-11(14)6-8-18(15,16)13-7-4-3-5-10(13)9-12/h10H,2-9,12H2,1H3. The molecule has 0 aliphatic carbocycles. The SMILES string of the molecule is CCOC(=O)CCS(=O)(=O)N1CCCCC1CN. The van der Waals surface area contributed by atoms with E-state index in [-0.39, 0.29) is 24.8 Å². The monoisotopic (exact) mass is 278 g/mol. The molecule has 1 unspecified atom stereocenters. The van der Waals surface area contributed by atoms with Gasteiger partial charge in [-0.15, -0.1) is 0 Å². The number of sulfonamides is 1. The Morgan fingerprint density at radius 2 is 2.17 bits per heavy atom. The normalized spacial score (nSPS) is 21.8. The Bertz CT molecular complexity index is 369. The number of ether oxygens (including phenoxy) is 1. The fourth-order valence-corrected chi connectivity index (χ4v) is 3.85. The fourth-order valence-electron chi connectivity index (χ4n) is 2.14. The number of rotatable bonds is 6. The number of piperidine rings is 1. The molecule has 0 aromatic heterocycles. The second kappa shape index (κ2) is 7.06. The van der Waals surface area contributed by atoms with Crippen molar-refractivity contribution in [2.24, 2.45) is 5.73 Å². The molecule has 0 radical (unpaired) electrons.